The van der Waals surface area contributed by atoms with Gasteiger partial charge in [0, 0.05) is 0 Å². The van der Waals surface area contributed by atoms with Gasteiger partial charge in [0.15, 0.2) is 5.92 Å². The Morgan fingerprint density at radius 3 is 1.65 bits per heavy atom. The number of likely N-dealkylation sites (N-methyl/N-ethyl adjacent to an activating group) is 1. The second kappa shape index (κ2) is 5.11. The van der Waals surface area contributed by atoms with Crippen LogP contribution in [0.2, 0.25) is 0 Å². The molecule has 0 aliphatic rings. The Morgan fingerprint density at radius 1 is 1.12 bits per heavy atom. The number of hydrogen-bond acceptors (Lipinski definition) is 2. The first-order valence-corrected chi connectivity index (χ1v) is 4.40. The van der Waals surface area contributed by atoms with Crippen molar-refractivity contribution >= 4 is 5.97 Å². The van der Waals surface area contributed by atoms with Gasteiger partial charge in [-0.05, 0) is 20.5 Å². The monoisotopic (exact) mass is 267 g/mol. The Morgan fingerprint density at radius 2 is 1.47 bits per heavy atom. The van der Waals surface area contributed by atoms with Crippen molar-refractivity contribution in [3.05, 3.63) is 0 Å². The van der Waals surface area contributed by atoms with Crippen LogP contribution >= 0.6 is 0 Å². The fraction of sp³-hybridized carbons (Fsp3) is 0.875. The number of nitrogens with zero attached hydrogens (tertiary/aromatic N) is 1. The molecular formula is C8H11F6NO2. The van der Waals surface area contributed by atoms with Gasteiger partial charge in [-0.15, -0.1) is 0 Å². The zero-order valence-electron chi connectivity index (χ0n) is 8.93. The fourth-order valence-electron chi connectivity index (χ4n) is 1.21. The van der Waals surface area contributed by atoms with Crippen LogP contribution in [0.5, 0.6) is 0 Å². The van der Waals surface area contributed by atoms with Crippen molar-refractivity contribution in [2.24, 2.45) is 5.92 Å². The molecule has 102 valence electrons. The van der Waals surface area contributed by atoms with E-state index in [4.69, 9.17) is 5.11 Å². The molecule has 0 amide bonds. The third-order valence-electron chi connectivity index (χ3n) is 2.16. The van der Waals surface area contributed by atoms with Crippen molar-refractivity contribution in [1.82, 2.24) is 4.90 Å². The van der Waals surface area contributed by atoms with Crippen LogP contribution in [0.15, 0.2) is 0 Å². The lowest BCUT2D eigenvalue weighted by atomic mass is 9.98. The molecule has 0 saturated carbocycles. The van der Waals surface area contributed by atoms with Gasteiger partial charge in [-0.25, -0.2) is 0 Å². The van der Waals surface area contributed by atoms with Crippen molar-refractivity contribution in [3.63, 3.8) is 0 Å². The van der Waals surface area contributed by atoms with Gasteiger partial charge in [-0.1, -0.05) is 0 Å². The molecule has 1 N–H and O–H groups in total. The van der Waals surface area contributed by atoms with E-state index >= 15 is 0 Å². The van der Waals surface area contributed by atoms with Gasteiger partial charge in [0.25, 0.3) is 0 Å². The van der Waals surface area contributed by atoms with E-state index in [-0.39, 0.29) is 0 Å². The topological polar surface area (TPSA) is 40.5 Å². The van der Waals surface area contributed by atoms with Crippen molar-refractivity contribution in [2.75, 3.05) is 14.1 Å². The van der Waals surface area contributed by atoms with E-state index < -0.39 is 36.7 Å². The molecular weight excluding hydrogens is 256 g/mol. The number of carboxylic acids is 1. The Bertz CT molecular complexity index is 258. The molecule has 17 heavy (non-hydrogen) atoms. The summed E-state index contributed by atoms with van der Waals surface area (Å²) in [5.74, 6) is -5.37. The summed E-state index contributed by atoms with van der Waals surface area (Å²) < 4.78 is 73.0. The minimum atomic E-state index is -5.51. The third-order valence-corrected chi connectivity index (χ3v) is 2.16. The van der Waals surface area contributed by atoms with E-state index in [0.717, 1.165) is 19.0 Å². The van der Waals surface area contributed by atoms with E-state index in [1.54, 1.807) is 0 Å². The number of rotatable bonds is 4. The van der Waals surface area contributed by atoms with Crippen LogP contribution in [-0.2, 0) is 4.79 Å². The summed E-state index contributed by atoms with van der Waals surface area (Å²) in [6.07, 6.45) is -12.6. The first-order valence-electron chi connectivity index (χ1n) is 4.40. The number of alkyl halides is 6. The first kappa shape index (κ1) is 16.0. The van der Waals surface area contributed by atoms with Crippen LogP contribution in [0.4, 0.5) is 26.3 Å². The lowest BCUT2D eigenvalue weighted by Crippen LogP contribution is -2.45. The van der Waals surface area contributed by atoms with Crippen LogP contribution in [-0.4, -0.2) is 48.5 Å². The average molecular weight is 267 g/mol. The zero-order valence-corrected chi connectivity index (χ0v) is 8.93. The smallest absolute Gasteiger partial charge is 0.400 e. The third kappa shape index (κ3) is 4.80. The Kier molecular flexibility index (Phi) is 4.81. The van der Waals surface area contributed by atoms with Crippen molar-refractivity contribution in [1.29, 1.82) is 0 Å². The lowest BCUT2D eigenvalue weighted by molar-refractivity contribution is -0.287. The second-order valence-corrected chi connectivity index (χ2v) is 3.69. The van der Waals surface area contributed by atoms with Gasteiger partial charge in [0.2, 0.25) is 0 Å². The summed E-state index contributed by atoms with van der Waals surface area (Å²) in [6, 6.07) is -1.84. The standard InChI is InChI=1S/C8H11F6NO2/c1-15(2)4(6(16)17)3-5(7(9,10)11)8(12,13)14/h4-5H,3H2,1-2H3,(H,16,17)/t4-/m0/s1. The Labute approximate surface area is 93.0 Å². The van der Waals surface area contributed by atoms with Crippen LogP contribution in [0.25, 0.3) is 0 Å². The van der Waals surface area contributed by atoms with E-state index in [0.29, 0.717) is 0 Å². The van der Waals surface area contributed by atoms with Crippen molar-refractivity contribution in [3.8, 4) is 0 Å². The molecule has 9 heteroatoms. The minimum absolute atomic E-state index is 0.798. The highest BCUT2D eigenvalue weighted by atomic mass is 19.4. The van der Waals surface area contributed by atoms with Gasteiger partial charge in [0.05, 0.1) is 0 Å². The largest absolute Gasteiger partial charge is 0.480 e. The SMILES string of the molecule is CN(C)[C@@H](CC(C(F)(F)F)C(F)(F)F)C(=O)O. The zero-order chi connectivity index (χ0) is 14.0. The molecule has 0 aromatic rings. The maximum Gasteiger partial charge on any atom is 0.400 e. The minimum Gasteiger partial charge on any atom is -0.480 e. The van der Waals surface area contributed by atoms with Gasteiger partial charge in [0.1, 0.15) is 6.04 Å². The number of hydrogen-bond donors (Lipinski definition) is 1. The van der Waals surface area contributed by atoms with Gasteiger partial charge >= 0.3 is 18.3 Å². The number of halogens is 6. The molecule has 0 aromatic carbocycles. The highest BCUT2D eigenvalue weighted by Crippen LogP contribution is 2.42. The van der Waals surface area contributed by atoms with Crippen LogP contribution < -0.4 is 0 Å². The molecule has 0 bridgehead atoms. The summed E-state index contributed by atoms with van der Waals surface area (Å²) >= 11 is 0. The van der Waals surface area contributed by atoms with Crippen LogP contribution in [0, 0.1) is 5.92 Å². The predicted molar refractivity (Wildman–Crippen MR) is 45.3 cm³/mol. The molecule has 0 unspecified atom stereocenters. The summed E-state index contributed by atoms with van der Waals surface area (Å²) in [5.41, 5.74) is 0. The number of carboxylic acid groups (broad SMARTS) is 1. The van der Waals surface area contributed by atoms with Crippen LogP contribution in [0.3, 0.4) is 0 Å². The maximum atomic E-state index is 12.2. The quantitative estimate of drug-likeness (QED) is 0.793. The van der Waals surface area contributed by atoms with Gasteiger partial charge < -0.3 is 5.11 Å². The normalized spacial score (nSPS) is 15.4. The highest BCUT2D eigenvalue weighted by Gasteiger charge is 2.57. The molecule has 1 atom stereocenters. The highest BCUT2D eigenvalue weighted by molar-refractivity contribution is 5.73. The van der Waals surface area contributed by atoms with Gasteiger partial charge in [-0.2, -0.15) is 26.3 Å². The summed E-state index contributed by atoms with van der Waals surface area (Å²) in [6.45, 7) is 0. The van der Waals surface area contributed by atoms with E-state index in [2.05, 4.69) is 0 Å². The number of carbonyl (C=O) groups is 1. The van der Waals surface area contributed by atoms with Gasteiger partial charge in [-0.3, -0.25) is 9.69 Å². The van der Waals surface area contributed by atoms with E-state index in [9.17, 15) is 31.1 Å². The molecule has 0 fully saturated rings. The van der Waals surface area contributed by atoms with E-state index in [1.165, 1.54) is 0 Å². The molecule has 3 nitrogen and oxygen atoms in total. The molecule has 0 saturated heterocycles. The molecule has 0 aliphatic heterocycles. The molecule has 0 rings (SSSR count). The Balaban J connectivity index is 5.06. The Hall–Kier alpha value is -0.990. The molecule has 0 radical (unpaired) electrons. The summed E-state index contributed by atoms with van der Waals surface area (Å²) in [7, 11) is 2.20. The summed E-state index contributed by atoms with van der Waals surface area (Å²) in [4.78, 5) is 11.4. The molecule has 0 heterocycles. The molecule has 0 aliphatic carbocycles. The molecule has 0 spiro atoms. The number of aliphatic carboxylic acids is 1. The lowest BCUT2D eigenvalue weighted by Gasteiger charge is -2.28. The van der Waals surface area contributed by atoms with Crippen molar-refractivity contribution in [2.45, 2.75) is 24.8 Å². The van der Waals surface area contributed by atoms with Crippen LogP contribution in [0.1, 0.15) is 6.42 Å². The predicted octanol–water partition coefficient (Wildman–Crippen LogP) is 2.13. The molecule has 0 aromatic heterocycles. The fourth-order valence-corrected chi connectivity index (χ4v) is 1.21. The summed E-state index contributed by atoms with van der Waals surface area (Å²) in [5, 5.41) is 8.55. The average Bonchev–Trinajstić information content (AvgIpc) is 1.96. The second-order valence-electron chi connectivity index (χ2n) is 3.69. The maximum absolute atomic E-state index is 12.2. The van der Waals surface area contributed by atoms with Crippen molar-refractivity contribution < 1.29 is 36.2 Å². The van der Waals surface area contributed by atoms with E-state index in [1.807, 2.05) is 0 Å². The first-order chi connectivity index (χ1) is 7.37.